The van der Waals surface area contributed by atoms with Gasteiger partial charge in [-0.25, -0.2) is 4.98 Å². The number of hydrogen-bond donors (Lipinski definition) is 2. The number of aromatic nitrogens is 2. The first-order valence-electron chi connectivity index (χ1n) is 10.7. The number of amides is 1. The van der Waals surface area contributed by atoms with Crippen LogP contribution < -0.4 is 10.9 Å². The van der Waals surface area contributed by atoms with Gasteiger partial charge in [-0.1, -0.05) is 18.6 Å². The van der Waals surface area contributed by atoms with Crippen molar-refractivity contribution >= 4 is 22.4 Å². The van der Waals surface area contributed by atoms with Crippen LogP contribution in [0, 0.1) is 6.92 Å². The smallest absolute Gasteiger partial charge is 0.263 e. The molecule has 0 fully saturated rings. The van der Waals surface area contributed by atoms with Gasteiger partial charge in [0.05, 0.1) is 5.69 Å². The third kappa shape index (κ3) is 3.60. The van der Waals surface area contributed by atoms with Crippen molar-refractivity contribution in [2.45, 2.75) is 58.3 Å². The molecule has 0 radical (unpaired) electrons. The standard InChI is InChI=1S/C24H25N3O2S/c1-14-21(18-11-10-15-7-5-8-16(15)12-18)26-24(30-14)27-23(29)19-13-17-6-3-2-4-9-20(17)25-22(19)28/h10-13H,2-9H2,1H3,(H,25,28)(H,26,27,29). The van der Waals surface area contributed by atoms with E-state index in [9.17, 15) is 9.59 Å². The van der Waals surface area contributed by atoms with Gasteiger partial charge >= 0.3 is 0 Å². The lowest BCUT2D eigenvalue weighted by Gasteiger charge is -2.08. The minimum atomic E-state index is -0.391. The molecule has 0 atom stereocenters. The van der Waals surface area contributed by atoms with Crippen LogP contribution in [0.2, 0.25) is 0 Å². The van der Waals surface area contributed by atoms with Crippen molar-refractivity contribution in [3.05, 3.63) is 67.4 Å². The number of H-pyrrole nitrogens is 1. The molecule has 1 aromatic carbocycles. The lowest BCUT2D eigenvalue weighted by atomic mass is 10.0. The fourth-order valence-corrected chi connectivity index (χ4v) is 5.45. The molecule has 2 aromatic heterocycles. The second kappa shape index (κ2) is 7.84. The van der Waals surface area contributed by atoms with E-state index in [1.165, 1.54) is 28.9 Å². The Morgan fingerprint density at radius 3 is 2.70 bits per heavy atom. The lowest BCUT2D eigenvalue weighted by Crippen LogP contribution is -2.25. The largest absolute Gasteiger partial charge is 0.325 e. The molecule has 1 amide bonds. The predicted octanol–water partition coefficient (Wildman–Crippen LogP) is 4.82. The highest BCUT2D eigenvalue weighted by Gasteiger charge is 2.19. The summed E-state index contributed by atoms with van der Waals surface area (Å²) in [6.07, 6.45) is 8.61. The Hall–Kier alpha value is -2.73. The summed E-state index contributed by atoms with van der Waals surface area (Å²) in [5.41, 5.74) is 6.76. The number of aromatic amines is 1. The number of hydrogen-bond acceptors (Lipinski definition) is 4. The highest BCUT2D eigenvalue weighted by atomic mass is 32.1. The third-order valence-corrected chi connectivity index (χ3v) is 7.11. The molecule has 6 heteroatoms. The fourth-order valence-electron chi connectivity index (χ4n) is 4.62. The summed E-state index contributed by atoms with van der Waals surface area (Å²) >= 11 is 1.45. The molecule has 30 heavy (non-hydrogen) atoms. The van der Waals surface area contributed by atoms with Crippen LogP contribution in [0.5, 0.6) is 0 Å². The number of carbonyl (C=O) groups excluding carboxylic acids is 1. The number of pyridine rings is 1. The first-order chi connectivity index (χ1) is 14.6. The zero-order valence-corrected chi connectivity index (χ0v) is 18.0. The van der Waals surface area contributed by atoms with Crippen molar-refractivity contribution in [1.82, 2.24) is 9.97 Å². The minimum Gasteiger partial charge on any atom is -0.325 e. The van der Waals surface area contributed by atoms with Crippen LogP contribution in [0.4, 0.5) is 5.13 Å². The highest BCUT2D eigenvalue weighted by molar-refractivity contribution is 7.16. The third-order valence-electron chi connectivity index (χ3n) is 6.22. The van der Waals surface area contributed by atoms with E-state index in [2.05, 4.69) is 33.5 Å². The van der Waals surface area contributed by atoms with Crippen LogP contribution in [0.3, 0.4) is 0 Å². The molecule has 2 N–H and O–H groups in total. The second-order valence-electron chi connectivity index (χ2n) is 8.29. The Balaban J connectivity index is 1.40. The van der Waals surface area contributed by atoms with Gasteiger partial charge in [-0.2, -0.15) is 0 Å². The number of carbonyl (C=O) groups is 1. The highest BCUT2D eigenvalue weighted by Crippen LogP contribution is 2.33. The lowest BCUT2D eigenvalue weighted by molar-refractivity contribution is 0.102. The first-order valence-corrected chi connectivity index (χ1v) is 11.6. The Bertz CT molecular complexity index is 1190. The molecule has 0 bridgehead atoms. The number of nitrogens with zero attached hydrogens (tertiary/aromatic N) is 1. The van der Waals surface area contributed by atoms with Crippen molar-refractivity contribution < 1.29 is 4.79 Å². The first kappa shape index (κ1) is 19.2. The summed E-state index contributed by atoms with van der Waals surface area (Å²) < 4.78 is 0. The zero-order valence-electron chi connectivity index (χ0n) is 17.1. The van der Waals surface area contributed by atoms with E-state index in [1.54, 1.807) is 6.07 Å². The van der Waals surface area contributed by atoms with Gasteiger partial charge in [0.25, 0.3) is 11.5 Å². The Kier molecular flexibility index (Phi) is 5.03. The Labute approximate surface area is 179 Å². The molecule has 5 nitrogen and oxygen atoms in total. The average molecular weight is 420 g/mol. The van der Waals surface area contributed by atoms with Crippen molar-refractivity contribution in [3.8, 4) is 11.3 Å². The van der Waals surface area contributed by atoms with Crippen molar-refractivity contribution in [2.75, 3.05) is 5.32 Å². The van der Waals surface area contributed by atoms with E-state index in [4.69, 9.17) is 0 Å². The number of fused-ring (bicyclic) bond motifs is 2. The quantitative estimate of drug-likeness (QED) is 0.598. The second-order valence-corrected chi connectivity index (χ2v) is 9.49. The van der Waals surface area contributed by atoms with Crippen LogP contribution in [-0.4, -0.2) is 15.9 Å². The topological polar surface area (TPSA) is 74.8 Å². The van der Waals surface area contributed by atoms with Gasteiger partial charge in [0, 0.05) is 16.1 Å². The molecule has 0 spiro atoms. The summed E-state index contributed by atoms with van der Waals surface area (Å²) in [6.45, 7) is 2.02. The van der Waals surface area contributed by atoms with E-state index in [0.717, 1.165) is 72.3 Å². The van der Waals surface area contributed by atoms with Gasteiger partial charge in [-0.05, 0) is 80.7 Å². The summed E-state index contributed by atoms with van der Waals surface area (Å²) in [7, 11) is 0. The number of aryl methyl sites for hydroxylation is 5. The molecule has 2 aliphatic rings. The van der Waals surface area contributed by atoms with Crippen molar-refractivity contribution in [1.29, 1.82) is 0 Å². The summed E-state index contributed by atoms with van der Waals surface area (Å²) in [6, 6.07) is 8.32. The number of thiazole rings is 1. The van der Waals surface area contributed by atoms with Gasteiger partial charge in [-0.3, -0.25) is 14.9 Å². The fraction of sp³-hybridized carbons (Fsp3) is 0.375. The van der Waals surface area contributed by atoms with Gasteiger partial charge in [0.1, 0.15) is 5.56 Å². The van der Waals surface area contributed by atoms with Crippen molar-refractivity contribution in [2.24, 2.45) is 0 Å². The van der Waals surface area contributed by atoms with Crippen LogP contribution in [0.25, 0.3) is 11.3 Å². The van der Waals surface area contributed by atoms with Gasteiger partial charge < -0.3 is 4.98 Å². The molecule has 0 unspecified atom stereocenters. The molecule has 154 valence electrons. The molecular weight excluding hydrogens is 394 g/mol. The van der Waals surface area contributed by atoms with E-state index < -0.39 is 5.91 Å². The van der Waals surface area contributed by atoms with Crippen LogP contribution >= 0.6 is 11.3 Å². The maximum atomic E-state index is 12.9. The Morgan fingerprint density at radius 2 is 1.80 bits per heavy atom. The number of nitrogens with one attached hydrogen (secondary N) is 2. The molecular formula is C24H25N3O2S. The maximum Gasteiger partial charge on any atom is 0.263 e. The van der Waals surface area contributed by atoms with Crippen LogP contribution in [0.1, 0.15) is 63.3 Å². The number of benzene rings is 1. The summed E-state index contributed by atoms with van der Waals surface area (Å²) in [5, 5.41) is 3.38. The van der Waals surface area contributed by atoms with Crippen LogP contribution in [0.15, 0.2) is 29.1 Å². The number of anilines is 1. The molecule has 0 aliphatic heterocycles. The maximum absolute atomic E-state index is 12.9. The normalized spacial score (nSPS) is 15.4. The van der Waals surface area contributed by atoms with Gasteiger partial charge in [0.15, 0.2) is 5.13 Å². The summed E-state index contributed by atoms with van der Waals surface area (Å²) in [4.78, 5) is 34.0. The van der Waals surface area contributed by atoms with Gasteiger partial charge in [-0.15, -0.1) is 11.3 Å². The average Bonchev–Trinajstić information content (AvgIpc) is 3.27. The SMILES string of the molecule is Cc1sc(NC(=O)c2cc3c([nH]c2=O)CCCCC3)nc1-c1ccc2c(c1)CCC2. The monoisotopic (exact) mass is 419 g/mol. The molecule has 2 aliphatic carbocycles. The number of rotatable bonds is 3. The molecule has 0 saturated heterocycles. The molecule has 5 rings (SSSR count). The van der Waals surface area contributed by atoms with E-state index >= 15 is 0 Å². The summed E-state index contributed by atoms with van der Waals surface area (Å²) in [5.74, 6) is -0.391. The predicted molar refractivity (Wildman–Crippen MR) is 121 cm³/mol. The van der Waals surface area contributed by atoms with E-state index in [0.29, 0.717) is 5.13 Å². The van der Waals surface area contributed by atoms with Crippen LogP contribution in [-0.2, 0) is 25.7 Å². The molecule has 2 heterocycles. The molecule has 0 saturated carbocycles. The van der Waals surface area contributed by atoms with E-state index in [-0.39, 0.29) is 11.1 Å². The van der Waals surface area contributed by atoms with Gasteiger partial charge in [0.2, 0.25) is 0 Å². The minimum absolute atomic E-state index is 0.169. The van der Waals surface area contributed by atoms with Crippen molar-refractivity contribution in [3.63, 3.8) is 0 Å². The Morgan fingerprint density at radius 1 is 1.00 bits per heavy atom. The van der Waals surface area contributed by atoms with E-state index in [1.807, 2.05) is 6.92 Å². The molecule has 3 aromatic rings. The zero-order chi connectivity index (χ0) is 20.7.